The number of rotatable bonds is 24. The van der Waals surface area contributed by atoms with Crippen molar-refractivity contribution in [3.05, 3.63) is 11.3 Å². The highest BCUT2D eigenvalue weighted by Crippen LogP contribution is 2.29. The Bertz CT molecular complexity index is 406. The van der Waals surface area contributed by atoms with Gasteiger partial charge in [-0.05, 0) is 97.3 Å². The minimum absolute atomic E-state index is 0.234. The summed E-state index contributed by atoms with van der Waals surface area (Å²) in [6, 6.07) is 0. The lowest BCUT2D eigenvalue weighted by atomic mass is 10.3. The molecule has 0 saturated heterocycles. The monoisotopic (exact) mass is 511 g/mol. The molecule has 0 unspecified atom stereocenters. The zero-order valence-electron chi connectivity index (χ0n) is 25.1. The Balaban J connectivity index is 6.74. The van der Waals surface area contributed by atoms with E-state index in [0.29, 0.717) is 0 Å². The van der Waals surface area contributed by atoms with Crippen LogP contribution >= 0.6 is 0 Å². The smallest absolute Gasteiger partial charge is 0.286 e. The van der Waals surface area contributed by atoms with E-state index in [1.807, 2.05) is 0 Å². The van der Waals surface area contributed by atoms with Crippen LogP contribution in [-0.2, 0) is 0 Å². The van der Waals surface area contributed by atoms with Crippen molar-refractivity contribution in [1.29, 1.82) is 0 Å². The SMILES string of the molecule is CCCCN(CCCC)[Si](C[SiH2]C=C(C)C)(N(CCCC)CCCC)N(CCCC)CCCC. The maximum Gasteiger partial charge on any atom is 0.286 e. The van der Waals surface area contributed by atoms with Crippen LogP contribution in [-0.4, -0.2) is 71.0 Å². The van der Waals surface area contributed by atoms with Crippen molar-refractivity contribution in [1.82, 2.24) is 13.7 Å². The van der Waals surface area contributed by atoms with Crippen LogP contribution in [0.4, 0.5) is 0 Å². The molecule has 0 heterocycles. The fourth-order valence-electron chi connectivity index (χ4n) is 5.13. The second-order valence-corrected chi connectivity index (χ2v) is 17.1. The summed E-state index contributed by atoms with van der Waals surface area (Å²) >= 11 is 0. The van der Waals surface area contributed by atoms with Crippen LogP contribution in [0.3, 0.4) is 0 Å². The lowest BCUT2D eigenvalue weighted by molar-refractivity contribution is 0.226. The normalized spacial score (nSPS) is 12.7. The van der Waals surface area contributed by atoms with E-state index < -0.39 is 8.56 Å². The molecule has 0 fully saturated rings. The molecule has 0 aromatic rings. The van der Waals surface area contributed by atoms with Crippen molar-refractivity contribution >= 4 is 18.1 Å². The third kappa shape index (κ3) is 12.8. The summed E-state index contributed by atoms with van der Waals surface area (Å²) in [5.41, 5.74) is 5.73. The van der Waals surface area contributed by atoms with Gasteiger partial charge < -0.3 is 0 Å². The minimum Gasteiger partial charge on any atom is -0.300 e. The molecule has 0 aromatic carbocycles. The minimum atomic E-state index is -1.96. The highest BCUT2D eigenvalue weighted by molar-refractivity contribution is 6.80. The molecule has 0 radical (unpaired) electrons. The van der Waals surface area contributed by atoms with Gasteiger partial charge in [-0.2, -0.15) is 0 Å². The lowest BCUT2D eigenvalue weighted by Gasteiger charge is -2.55. The van der Waals surface area contributed by atoms with Gasteiger partial charge in [-0.3, -0.25) is 13.7 Å². The Labute approximate surface area is 220 Å². The first-order chi connectivity index (χ1) is 16.5. The molecule has 0 aliphatic rings. The van der Waals surface area contributed by atoms with E-state index in [-0.39, 0.29) is 9.52 Å². The number of hydrogen-bond donors (Lipinski definition) is 0. The Morgan fingerprint density at radius 3 is 1.00 bits per heavy atom. The van der Waals surface area contributed by atoms with Crippen molar-refractivity contribution < 1.29 is 0 Å². The van der Waals surface area contributed by atoms with Gasteiger partial charge in [-0.1, -0.05) is 85.6 Å². The van der Waals surface area contributed by atoms with Gasteiger partial charge in [0.15, 0.2) is 0 Å². The number of nitrogens with zero attached hydrogens (tertiary/aromatic N) is 3. The molecular weight excluding hydrogens is 447 g/mol. The van der Waals surface area contributed by atoms with Gasteiger partial charge in [-0.15, -0.1) is 5.70 Å². The fourth-order valence-corrected chi connectivity index (χ4v) is 15.9. The molecule has 0 saturated carbocycles. The zero-order valence-corrected chi connectivity index (χ0v) is 27.5. The first kappa shape index (κ1) is 34.1. The van der Waals surface area contributed by atoms with E-state index >= 15 is 0 Å². The van der Waals surface area contributed by atoms with Crippen LogP contribution in [0.5, 0.6) is 0 Å². The van der Waals surface area contributed by atoms with Gasteiger partial charge in [0.25, 0.3) is 8.56 Å². The topological polar surface area (TPSA) is 9.72 Å². The van der Waals surface area contributed by atoms with Gasteiger partial charge in [0.05, 0.1) is 0 Å². The second kappa shape index (κ2) is 22.3. The summed E-state index contributed by atoms with van der Waals surface area (Å²) in [6.45, 7) is 26.8. The first-order valence-electron chi connectivity index (χ1n) is 15.4. The van der Waals surface area contributed by atoms with Crippen LogP contribution in [0.15, 0.2) is 11.3 Å². The number of unbranched alkanes of at least 4 members (excludes halogenated alkanes) is 6. The zero-order chi connectivity index (χ0) is 25.7. The third-order valence-corrected chi connectivity index (χ3v) is 16.6. The van der Waals surface area contributed by atoms with Crippen molar-refractivity contribution in [2.24, 2.45) is 0 Å². The average Bonchev–Trinajstić information content (AvgIpc) is 2.83. The van der Waals surface area contributed by atoms with E-state index in [1.54, 1.807) is 5.57 Å². The largest absolute Gasteiger partial charge is 0.300 e. The summed E-state index contributed by atoms with van der Waals surface area (Å²) in [4.78, 5) is 0. The number of hydrogen-bond acceptors (Lipinski definition) is 3. The van der Waals surface area contributed by atoms with Crippen LogP contribution in [0.1, 0.15) is 132 Å². The van der Waals surface area contributed by atoms with Crippen molar-refractivity contribution in [3.63, 3.8) is 0 Å². The van der Waals surface area contributed by atoms with E-state index in [9.17, 15) is 0 Å². The molecule has 0 aliphatic heterocycles. The van der Waals surface area contributed by atoms with Gasteiger partial charge in [-0.25, -0.2) is 0 Å². The molecular formula is C29H65N3Si2. The molecule has 3 nitrogen and oxygen atoms in total. The van der Waals surface area contributed by atoms with Crippen LogP contribution in [0.2, 0.25) is 5.67 Å². The second-order valence-electron chi connectivity index (χ2n) is 10.7. The van der Waals surface area contributed by atoms with Crippen LogP contribution in [0, 0.1) is 0 Å². The Morgan fingerprint density at radius 1 is 0.529 bits per heavy atom. The van der Waals surface area contributed by atoms with Crippen molar-refractivity contribution in [3.8, 4) is 0 Å². The molecule has 0 rings (SSSR count). The molecule has 0 aromatic heterocycles. The molecule has 204 valence electrons. The Morgan fingerprint density at radius 2 is 0.794 bits per heavy atom. The molecule has 0 amide bonds. The summed E-state index contributed by atoms with van der Waals surface area (Å²) < 4.78 is 9.42. The summed E-state index contributed by atoms with van der Waals surface area (Å²) in [5.74, 6) is 0. The highest BCUT2D eigenvalue weighted by Gasteiger charge is 2.49. The van der Waals surface area contributed by atoms with Crippen molar-refractivity contribution in [2.75, 3.05) is 39.3 Å². The van der Waals surface area contributed by atoms with Gasteiger partial charge in [0.2, 0.25) is 0 Å². The van der Waals surface area contributed by atoms with Crippen molar-refractivity contribution in [2.45, 2.75) is 138 Å². The quantitative estimate of drug-likeness (QED) is 0.123. The summed E-state index contributed by atoms with van der Waals surface area (Å²) in [6.07, 6.45) is 16.0. The first-order valence-corrected chi connectivity index (χ1v) is 19.2. The van der Waals surface area contributed by atoms with E-state index in [1.165, 1.54) is 122 Å². The molecule has 5 heteroatoms. The molecule has 0 spiro atoms. The van der Waals surface area contributed by atoms with Gasteiger partial charge in [0, 0.05) is 9.52 Å². The molecule has 0 atom stereocenters. The average molecular weight is 512 g/mol. The van der Waals surface area contributed by atoms with Gasteiger partial charge >= 0.3 is 0 Å². The molecule has 34 heavy (non-hydrogen) atoms. The van der Waals surface area contributed by atoms with E-state index in [2.05, 4.69) is 74.8 Å². The predicted octanol–water partition coefficient (Wildman–Crippen LogP) is 7.68. The predicted molar refractivity (Wildman–Crippen MR) is 163 cm³/mol. The Kier molecular flexibility index (Phi) is 22.3. The van der Waals surface area contributed by atoms with Gasteiger partial charge in [0.1, 0.15) is 0 Å². The molecule has 0 N–H and O–H groups in total. The maximum absolute atomic E-state index is 3.14. The molecule has 0 aliphatic carbocycles. The fraction of sp³-hybridized carbons (Fsp3) is 0.931. The highest BCUT2D eigenvalue weighted by atomic mass is 28.4. The molecule has 0 bridgehead atoms. The van der Waals surface area contributed by atoms with E-state index in [4.69, 9.17) is 0 Å². The van der Waals surface area contributed by atoms with Crippen LogP contribution < -0.4 is 0 Å². The third-order valence-electron chi connectivity index (χ3n) is 7.24. The van der Waals surface area contributed by atoms with E-state index in [0.717, 1.165) is 0 Å². The lowest BCUT2D eigenvalue weighted by Crippen LogP contribution is -2.76. The Hall–Kier alpha value is 0.0538. The standard InChI is InChI=1S/C29H65N3Si2/c1-9-15-21-30(22-16-10-2)34(28-33-27-29(7)8,31(23-17-11-3)24-18-12-4)32(25-19-13-5)26-20-14-6/h27H,9-26,28,33H2,1-8H3. The number of allylic oxidation sites excluding steroid dienone is 1. The van der Waals surface area contributed by atoms with Crippen LogP contribution in [0.25, 0.3) is 0 Å². The maximum atomic E-state index is 3.14. The summed E-state index contributed by atoms with van der Waals surface area (Å²) in [7, 11) is -2.19. The summed E-state index contributed by atoms with van der Waals surface area (Å²) in [5, 5.41) is 0.